The van der Waals surface area contributed by atoms with Gasteiger partial charge in [0.1, 0.15) is 5.75 Å². The van der Waals surface area contributed by atoms with Gasteiger partial charge in [-0.1, -0.05) is 48.5 Å². The van der Waals surface area contributed by atoms with Crippen LogP contribution in [0.4, 0.5) is 0 Å². The van der Waals surface area contributed by atoms with Gasteiger partial charge >= 0.3 is 0 Å². The molecule has 0 aromatic heterocycles. The number of hydrogen-bond donors (Lipinski definition) is 2. The van der Waals surface area contributed by atoms with Crippen LogP contribution in [0.5, 0.6) is 5.75 Å². The molecule has 0 heterocycles. The molecule has 0 aliphatic heterocycles. The van der Waals surface area contributed by atoms with E-state index >= 15 is 0 Å². The van der Waals surface area contributed by atoms with Gasteiger partial charge in [0, 0.05) is 16.7 Å². The van der Waals surface area contributed by atoms with Crippen molar-refractivity contribution in [3.05, 3.63) is 65.7 Å². The summed E-state index contributed by atoms with van der Waals surface area (Å²) in [7, 11) is 1.59. The molecule has 5 heteroatoms. The van der Waals surface area contributed by atoms with Crippen LogP contribution in [0, 0.1) is 0 Å². The largest absolute Gasteiger partial charge is 0.496 e. The Kier molecular flexibility index (Phi) is 6.77. The molecule has 2 aromatic rings. The number of hydrogen-bond acceptors (Lipinski definition) is 3. The molecule has 0 spiro atoms. The molecule has 0 unspecified atom stereocenters. The van der Waals surface area contributed by atoms with Gasteiger partial charge in [0.15, 0.2) is 0 Å². The average Bonchev–Trinajstić information content (AvgIpc) is 2.64. The normalized spacial score (nSPS) is 11.6. The summed E-state index contributed by atoms with van der Waals surface area (Å²) in [6, 6.07) is 16.8. The molecule has 0 aliphatic rings. The lowest BCUT2D eigenvalue weighted by Gasteiger charge is -2.20. The highest BCUT2D eigenvalue weighted by atomic mass is 16.5. The van der Waals surface area contributed by atoms with Crippen molar-refractivity contribution in [3.8, 4) is 5.75 Å². The first-order chi connectivity index (χ1) is 12.8. The van der Waals surface area contributed by atoms with Crippen LogP contribution in [-0.2, 0) is 9.59 Å². The lowest BCUT2D eigenvalue weighted by molar-refractivity contribution is -0.124. The van der Waals surface area contributed by atoms with Crippen molar-refractivity contribution in [2.24, 2.45) is 0 Å². The van der Waals surface area contributed by atoms with Gasteiger partial charge in [0.2, 0.25) is 5.91 Å². The fourth-order valence-corrected chi connectivity index (χ4v) is 2.56. The third kappa shape index (κ3) is 6.29. The molecule has 0 fully saturated rings. The van der Waals surface area contributed by atoms with E-state index in [1.807, 2.05) is 75.4 Å². The molecular weight excluding hydrogens is 340 g/mol. The minimum atomic E-state index is -0.350. The van der Waals surface area contributed by atoms with Crippen LogP contribution in [0.15, 0.2) is 54.6 Å². The van der Waals surface area contributed by atoms with Crippen molar-refractivity contribution in [2.45, 2.75) is 26.3 Å². The van der Waals surface area contributed by atoms with Crippen LogP contribution in [0.3, 0.4) is 0 Å². The molecule has 2 N–H and O–H groups in total. The number of rotatable bonds is 6. The Labute approximate surface area is 160 Å². The van der Waals surface area contributed by atoms with Gasteiger partial charge in [-0.3, -0.25) is 9.59 Å². The monoisotopic (exact) mass is 366 g/mol. The van der Waals surface area contributed by atoms with E-state index in [1.54, 1.807) is 13.2 Å². The Hall–Kier alpha value is -3.08. The zero-order valence-electron chi connectivity index (χ0n) is 16.2. The first-order valence-electron chi connectivity index (χ1n) is 8.79. The van der Waals surface area contributed by atoms with E-state index in [9.17, 15) is 9.59 Å². The highest BCUT2D eigenvalue weighted by molar-refractivity contribution is 6.24. The number of carbonyl (C=O) groups excluding carboxylic acids is 2. The van der Waals surface area contributed by atoms with Gasteiger partial charge in [-0.05, 0) is 38.5 Å². The summed E-state index contributed by atoms with van der Waals surface area (Å²) in [5, 5.41) is 5.53. The van der Waals surface area contributed by atoms with E-state index < -0.39 is 0 Å². The number of carbonyl (C=O) groups is 2. The molecule has 0 bridgehead atoms. The van der Waals surface area contributed by atoms with Gasteiger partial charge < -0.3 is 15.4 Å². The molecule has 142 valence electrons. The summed E-state index contributed by atoms with van der Waals surface area (Å²) in [6.45, 7) is 5.59. The third-order valence-corrected chi connectivity index (χ3v) is 3.69. The number of amides is 2. The Morgan fingerprint density at radius 2 is 1.63 bits per heavy atom. The van der Waals surface area contributed by atoms with Gasteiger partial charge in [0.05, 0.1) is 13.7 Å². The summed E-state index contributed by atoms with van der Waals surface area (Å²) in [6.07, 6.45) is 1.77. The summed E-state index contributed by atoms with van der Waals surface area (Å²) >= 11 is 0. The maximum atomic E-state index is 12.8. The van der Waals surface area contributed by atoms with Crippen molar-refractivity contribution in [2.75, 3.05) is 13.7 Å². The molecule has 5 nitrogen and oxygen atoms in total. The van der Waals surface area contributed by atoms with E-state index in [0.717, 1.165) is 11.1 Å². The molecule has 2 amide bonds. The van der Waals surface area contributed by atoms with Gasteiger partial charge in [0.25, 0.3) is 5.91 Å². The van der Waals surface area contributed by atoms with Crippen LogP contribution >= 0.6 is 0 Å². The molecule has 0 atom stereocenters. The Bertz CT molecular complexity index is 821. The van der Waals surface area contributed by atoms with E-state index in [-0.39, 0.29) is 23.9 Å². The number of ether oxygens (including phenoxy) is 1. The second-order valence-corrected chi connectivity index (χ2v) is 7.15. The minimum absolute atomic E-state index is 0.0911. The third-order valence-electron chi connectivity index (χ3n) is 3.69. The lowest BCUT2D eigenvalue weighted by Crippen LogP contribution is -2.45. The van der Waals surface area contributed by atoms with Crippen molar-refractivity contribution in [3.63, 3.8) is 0 Å². The smallest absolute Gasteiger partial charge is 0.252 e. The second kappa shape index (κ2) is 9.03. The highest BCUT2D eigenvalue weighted by Crippen LogP contribution is 2.24. The summed E-state index contributed by atoms with van der Waals surface area (Å²) in [5.41, 5.74) is 1.66. The van der Waals surface area contributed by atoms with Crippen LogP contribution in [0.1, 0.15) is 31.9 Å². The molecule has 2 rings (SSSR count). The lowest BCUT2D eigenvalue weighted by atomic mass is 10.0. The predicted molar refractivity (Wildman–Crippen MR) is 108 cm³/mol. The molecule has 0 saturated carbocycles. The van der Waals surface area contributed by atoms with Crippen LogP contribution < -0.4 is 15.4 Å². The fraction of sp³-hybridized carbons (Fsp3) is 0.273. The maximum Gasteiger partial charge on any atom is 0.252 e. The van der Waals surface area contributed by atoms with Crippen LogP contribution in [0.25, 0.3) is 11.6 Å². The summed E-state index contributed by atoms with van der Waals surface area (Å²) in [5.74, 6) is 0.112. The van der Waals surface area contributed by atoms with Crippen molar-refractivity contribution in [1.82, 2.24) is 10.6 Å². The fourth-order valence-electron chi connectivity index (χ4n) is 2.56. The van der Waals surface area contributed by atoms with Gasteiger partial charge in [-0.25, -0.2) is 0 Å². The van der Waals surface area contributed by atoms with Crippen molar-refractivity contribution in [1.29, 1.82) is 0 Å². The maximum absolute atomic E-state index is 12.8. The Morgan fingerprint density at radius 3 is 2.26 bits per heavy atom. The van der Waals surface area contributed by atoms with E-state index in [2.05, 4.69) is 10.6 Å². The van der Waals surface area contributed by atoms with Crippen LogP contribution in [-0.4, -0.2) is 31.0 Å². The van der Waals surface area contributed by atoms with E-state index in [1.165, 1.54) is 0 Å². The van der Waals surface area contributed by atoms with Crippen LogP contribution in [0.2, 0.25) is 0 Å². The number of benzene rings is 2. The first kappa shape index (κ1) is 20.2. The SMILES string of the molecule is COc1ccccc1/C=C(/C(=O)NCC(=O)NC(C)(C)C)c1ccccc1. The zero-order valence-corrected chi connectivity index (χ0v) is 16.2. The zero-order chi connectivity index (χ0) is 19.9. The standard InChI is InChI=1S/C22H26N2O3/c1-22(2,3)24-20(25)15-23-21(26)18(16-10-6-5-7-11-16)14-17-12-8-9-13-19(17)27-4/h5-14H,15H2,1-4H3,(H,23,26)(H,24,25)/b18-14+. The summed E-state index contributed by atoms with van der Waals surface area (Å²) < 4.78 is 5.37. The quantitative estimate of drug-likeness (QED) is 0.609. The molecule has 27 heavy (non-hydrogen) atoms. The van der Waals surface area contributed by atoms with Gasteiger partial charge in [-0.2, -0.15) is 0 Å². The van der Waals surface area contributed by atoms with E-state index in [4.69, 9.17) is 4.74 Å². The number of methoxy groups -OCH3 is 1. The first-order valence-corrected chi connectivity index (χ1v) is 8.79. The Morgan fingerprint density at radius 1 is 1.00 bits per heavy atom. The molecule has 0 saturated heterocycles. The highest BCUT2D eigenvalue weighted by Gasteiger charge is 2.17. The molecule has 2 aromatic carbocycles. The van der Waals surface area contributed by atoms with E-state index in [0.29, 0.717) is 11.3 Å². The van der Waals surface area contributed by atoms with Crippen molar-refractivity contribution >= 4 is 23.5 Å². The summed E-state index contributed by atoms with van der Waals surface area (Å²) in [4.78, 5) is 24.8. The Balaban J connectivity index is 2.27. The average molecular weight is 366 g/mol. The topological polar surface area (TPSA) is 67.4 Å². The number of nitrogens with one attached hydrogen (secondary N) is 2. The molecule has 0 radical (unpaired) electrons. The molecule has 0 aliphatic carbocycles. The molecular formula is C22H26N2O3. The number of para-hydroxylation sites is 1. The predicted octanol–water partition coefficient (Wildman–Crippen LogP) is 3.27. The van der Waals surface area contributed by atoms with Crippen molar-refractivity contribution < 1.29 is 14.3 Å². The van der Waals surface area contributed by atoms with Gasteiger partial charge in [-0.15, -0.1) is 0 Å². The second-order valence-electron chi connectivity index (χ2n) is 7.15. The minimum Gasteiger partial charge on any atom is -0.496 e.